The third-order valence-electron chi connectivity index (χ3n) is 6.60. The van der Waals surface area contributed by atoms with Crippen LogP contribution >= 0.6 is 0 Å². The molecule has 0 aliphatic carbocycles. The minimum absolute atomic E-state index is 0.0589. The van der Waals surface area contributed by atoms with Crippen LogP contribution < -0.4 is 10.6 Å². The van der Waals surface area contributed by atoms with E-state index < -0.39 is 35.6 Å². The molecule has 0 fully saturated rings. The molecule has 0 saturated heterocycles. The van der Waals surface area contributed by atoms with E-state index in [1.165, 1.54) is 4.90 Å². The molecule has 8 nitrogen and oxygen atoms in total. The summed E-state index contributed by atoms with van der Waals surface area (Å²) in [6.07, 6.45) is 0.433. The first-order valence-electron chi connectivity index (χ1n) is 14.2. The molecule has 3 aromatic rings. The number of amides is 3. The number of aryl methyl sites for hydroxylation is 1. The third kappa shape index (κ3) is 9.05. The summed E-state index contributed by atoms with van der Waals surface area (Å²) >= 11 is 0. The lowest BCUT2D eigenvalue weighted by molar-refractivity contribution is -0.141. The number of fused-ring (bicyclic) bond motifs is 1. The van der Waals surface area contributed by atoms with E-state index in [0.29, 0.717) is 17.7 Å². The van der Waals surface area contributed by atoms with Crippen molar-refractivity contribution >= 4 is 34.4 Å². The second kappa shape index (κ2) is 14.1. The third-order valence-corrected chi connectivity index (χ3v) is 6.60. The molecule has 0 aromatic heterocycles. The monoisotopic (exact) mass is 561 g/mol. The Bertz CT molecular complexity index is 1330. The molecule has 41 heavy (non-hydrogen) atoms. The number of hydrogen-bond acceptors (Lipinski definition) is 5. The van der Waals surface area contributed by atoms with Crippen molar-refractivity contribution in [2.75, 3.05) is 18.5 Å². The number of carbonyl (C=O) groups is 3. The predicted octanol–water partition coefficient (Wildman–Crippen LogP) is 5.84. The minimum atomic E-state index is -1.05. The van der Waals surface area contributed by atoms with E-state index in [4.69, 9.17) is 4.74 Å². The summed E-state index contributed by atoms with van der Waals surface area (Å²) in [5.74, 6) is -0.840. The average Bonchev–Trinajstić information content (AvgIpc) is 2.91. The number of nitrogens with zero attached hydrogens (tertiary/aromatic N) is 1. The van der Waals surface area contributed by atoms with Gasteiger partial charge in [-0.15, -0.1) is 0 Å². The number of rotatable bonds is 11. The van der Waals surface area contributed by atoms with Gasteiger partial charge in [-0.1, -0.05) is 75.4 Å². The second-order valence-corrected chi connectivity index (χ2v) is 11.6. The van der Waals surface area contributed by atoms with E-state index in [1.54, 1.807) is 20.8 Å². The molecule has 0 saturated carbocycles. The molecule has 0 aliphatic heterocycles. The van der Waals surface area contributed by atoms with Crippen LogP contribution in [0.3, 0.4) is 0 Å². The number of hydrogen-bond donors (Lipinski definition) is 3. The molecule has 3 aromatic carbocycles. The Labute approximate surface area is 243 Å². The van der Waals surface area contributed by atoms with Gasteiger partial charge in [0.25, 0.3) is 5.91 Å². The van der Waals surface area contributed by atoms with E-state index in [9.17, 15) is 19.5 Å². The van der Waals surface area contributed by atoms with Gasteiger partial charge in [0, 0.05) is 12.2 Å². The summed E-state index contributed by atoms with van der Waals surface area (Å²) in [4.78, 5) is 42.1. The van der Waals surface area contributed by atoms with Crippen molar-refractivity contribution in [2.24, 2.45) is 5.92 Å². The van der Waals surface area contributed by atoms with Crippen molar-refractivity contribution in [1.82, 2.24) is 10.2 Å². The topological polar surface area (TPSA) is 108 Å². The van der Waals surface area contributed by atoms with Gasteiger partial charge in [-0.2, -0.15) is 0 Å². The molecule has 0 spiro atoms. The molecule has 2 atom stereocenters. The van der Waals surface area contributed by atoms with Crippen LogP contribution in [0.2, 0.25) is 0 Å². The minimum Gasteiger partial charge on any atom is -0.444 e. The molecule has 2 unspecified atom stereocenters. The summed E-state index contributed by atoms with van der Waals surface area (Å²) in [6.45, 7) is 10.7. The van der Waals surface area contributed by atoms with Crippen molar-refractivity contribution < 1.29 is 24.2 Å². The van der Waals surface area contributed by atoms with Crippen molar-refractivity contribution in [3.05, 3.63) is 77.9 Å². The van der Waals surface area contributed by atoms with Gasteiger partial charge in [-0.3, -0.25) is 9.59 Å². The van der Waals surface area contributed by atoms with Crippen molar-refractivity contribution in [3.63, 3.8) is 0 Å². The van der Waals surface area contributed by atoms with Crippen LogP contribution in [0, 0.1) is 5.92 Å². The van der Waals surface area contributed by atoms with Gasteiger partial charge < -0.3 is 25.4 Å². The molecule has 0 bridgehead atoms. The Morgan fingerprint density at radius 1 is 0.951 bits per heavy atom. The van der Waals surface area contributed by atoms with E-state index >= 15 is 0 Å². The molecule has 0 heterocycles. The Hall–Kier alpha value is -3.91. The number of alkyl carbamates (subject to hydrolysis) is 1. The van der Waals surface area contributed by atoms with Gasteiger partial charge in [-0.05, 0) is 73.6 Å². The van der Waals surface area contributed by atoms with Crippen LogP contribution in [0.1, 0.15) is 65.1 Å². The maximum Gasteiger partial charge on any atom is 0.408 e. The highest BCUT2D eigenvalue weighted by molar-refractivity contribution is 6.00. The maximum absolute atomic E-state index is 14.1. The van der Waals surface area contributed by atoms with Crippen LogP contribution in [-0.4, -0.2) is 52.7 Å². The van der Waals surface area contributed by atoms with Crippen LogP contribution in [0.5, 0.6) is 0 Å². The molecular weight excluding hydrogens is 518 g/mol. The fourth-order valence-corrected chi connectivity index (χ4v) is 4.70. The lowest BCUT2D eigenvalue weighted by Gasteiger charge is -2.34. The number of aliphatic hydroxyl groups excluding tert-OH is 1. The largest absolute Gasteiger partial charge is 0.444 e. The zero-order chi connectivity index (χ0) is 30.2. The summed E-state index contributed by atoms with van der Waals surface area (Å²) in [5, 5.41) is 17.7. The van der Waals surface area contributed by atoms with Crippen LogP contribution in [0.15, 0.2) is 66.7 Å². The lowest BCUT2D eigenvalue weighted by Crippen LogP contribution is -2.53. The van der Waals surface area contributed by atoms with E-state index in [0.717, 1.165) is 22.8 Å². The fourth-order valence-electron chi connectivity index (χ4n) is 4.70. The Morgan fingerprint density at radius 2 is 1.61 bits per heavy atom. The molecule has 220 valence electrons. The van der Waals surface area contributed by atoms with Gasteiger partial charge in [0.2, 0.25) is 5.91 Å². The van der Waals surface area contributed by atoms with Gasteiger partial charge in [-0.25, -0.2) is 4.79 Å². The first-order chi connectivity index (χ1) is 19.4. The number of carbonyl (C=O) groups excluding carboxylic acids is 3. The Balaban J connectivity index is 2.00. The summed E-state index contributed by atoms with van der Waals surface area (Å²) in [5.41, 5.74) is 1.53. The lowest BCUT2D eigenvalue weighted by atomic mass is 9.98. The first kappa shape index (κ1) is 31.6. The number of aliphatic hydroxyl groups is 1. The zero-order valence-electron chi connectivity index (χ0n) is 24.9. The summed E-state index contributed by atoms with van der Waals surface area (Å²) in [6, 6.07) is 19.0. The molecular formula is C33H43N3O5. The SMILES string of the molecule is CCc1ccc(C(C(=O)Nc2ccc3ccccc3c2)N(CCO)C(=O)C(CC(C)C)NC(=O)OC(C)(C)C)cc1. The normalized spacial score (nSPS) is 13.0. The standard InChI is InChI=1S/C33H43N3O5/c1-7-23-12-14-25(15-13-23)29(30(38)34-27-17-16-24-10-8-9-11-26(24)21-27)36(18-19-37)31(39)28(20-22(2)3)35-32(40)41-33(4,5)6/h8-17,21-22,28-29,37H,7,18-20H2,1-6H3,(H,34,38)(H,35,40). The molecule has 3 rings (SSSR count). The van der Waals surface area contributed by atoms with Crippen molar-refractivity contribution in [1.29, 1.82) is 0 Å². The molecule has 8 heteroatoms. The highest BCUT2D eigenvalue weighted by Crippen LogP contribution is 2.27. The Kier molecular flexibility index (Phi) is 10.9. The summed E-state index contributed by atoms with van der Waals surface area (Å²) < 4.78 is 5.42. The maximum atomic E-state index is 14.1. The van der Waals surface area contributed by atoms with Crippen LogP contribution in [0.4, 0.5) is 10.5 Å². The molecule has 0 radical (unpaired) electrons. The van der Waals surface area contributed by atoms with Gasteiger partial charge in [0.05, 0.1) is 6.61 Å². The van der Waals surface area contributed by atoms with Crippen molar-refractivity contribution in [2.45, 2.75) is 72.1 Å². The van der Waals surface area contributed by atoms with E-state index in [1.807, 2.05) is 87.5 Å². The predicted molar refractivity (Wildman–Crippen MR) is 163 cm³/mol. The van der Waals surface area contributed by atoms with Crippen LogP contribution in [-0.2, 0) is 20.7 Å². The zero-order valence-corrected chi connectivity index (χ0v) is 24.9. The van der Waals surface area contributed by atoms with E-state index in [2.05, 4.69) is 10.6 Å². The highest BCUT2D eigenvalue weighted by atomic mass is 16.6. The second-order valence-electron chi connectivity index (χ2n) is 11.6. The van der Waals surface area contributed by atoms with Crippen molar-refractivity contribution in [3.8, 4) is 0 Å². The average molecular weight is 562 g/mol. The number of benzene rings is 3. The molecule has 3 amide bonds. The Morgan fingerprint density at radius 3 is 2.20 bits per heavy atom. The fraction of sp³-hybridized carbons (Fsp3) is 0.424. The van der Waals surface area contributed by atoms with Crippen LogP contribution in [0.25, 0.3) is 10.8 Å². The smallest absolute Gasteiger partial charge is 0.408 e. The highest BCUT2D eigenvalue weighted by Gasteiger charge is 2.36. The first-order valence-corrected chi connectivity index (χ1v) is 14.2. The number of ether oxygens (including phenoxy) is 1. The van der Waals surface area contributed by atoms with Gasteiger partial charge >= 0.3 is 6.09 Å². The molecule has 3 N–H and O–H groups in total. The van der Waals surface area contributed by atoms with Gasteiger partial charge in [0.15, 0.2) is 0 Å². The number of anilines is 1. The summed E-state index contributed by atoms with van der Waals surface area (Å²) in [7, 11) is 0. The van der Waals surface area contributed by atoms with E-state index in [-0.39, 0.29) is 19.1 Å². The van der Waals surface area contributed by atoms with Gasteiger partial charge in [0.1, 0.15) is 17.7 Å². The quantitative estimate of drug-likeness (QED) is 0.273. The number of nitrogens with one attached hydrogen (secondary N) is 2. The molecule has 0 aliphatic rings.